The average molecular weight is 504 g/mol. The molecule has 190 valence electrons. The number of hydrogen-bond acceptors (Lipinski definition) is 5. The molecule has 2 aromatic heterocycles. The first-order valence-electron chi connectivity index (χ1n) is 11.8. The third-order valence-electron chi connectivity index (χ3n) is 6.78. The molecule has 1 aliphatic rings. The second-order valence-electron chi connectivity index (χ2n) is 9.28. The molecular weight excluding hydrogens is 478 g/mol. The molecule has 5 rings (SSSR count). The van der Waals surface area contributed by atoms with E-state index in [9.17, 15) is 18.0 Å². The highest BCUT2D eigenvalue weighted by Crippen LogP contribution is 2.29. The van der Waals surface area contributed by atoms with Gasteiger partial charge in [-0.3, -0.25) is 9.13 Å². The average Bonchev–Trinajstić information content (AvgIpc) is 3.44. The Morgan fingerprint density at radius 3 is 2.42 bits per heavy atom. The fourth-order valence-corrected chi connectivity index (χ4v) is 4.84. The number of nitrogens with zero attached hydrogens (tertiary/aromatic N) is 5. The Morgan fingerprint density at radius 1 is 1.03 bits per heavy atom. The molecule has 2 aromatic carbocycles. The van der Waals surface area contributed by atoms with Crippen LogP contribution in [0.3, 0.4) is 0 Å². The van der Waals surface area contributed by atoms with E-state index in [0.29, 0.717) is 17.1 Å². The van der Waals surface area contributed by atoms with Gasteiger partial charge in [0.15, 0.2) is 0 Å². The minimum Gasteiger partial charge on any atom is -0.415 e. The second-order valence-corrected chi connectivity index (χ2v) is 9.28. The van der Waals surface area contributed by atoms with Crippen molar-refractivity contribution >= 4 is 11.0 Å². The molecular formula is C25H25F4N5O2. The maximum Gasteiger partial charge on any atom is 0.329 e. The molecule has 0 spiro atoms. The van der Waals surface area contributed by atoms with Gasteiger partial charge in [-0.15, -0.1) is 10.2 Å². The van der Waals surface area contributed by atoms with E-state index < -0.39 is 24.0 Å². The number of halogens is 4. The lowest BCUT2D eigenvalue weighted by atomic mass is 10.0. The highest BCUT2D eigenvalue weighted by Gasteiger charge is 2.27. The molecule has 11 heteroatoms. The number of alkyl halides is 2. The standard InChI is InChI=1S/C25H25F4N5O2/c1-14(2)32-9-7-18(8-10-32)34-20-6-5-17(26)12-21(20)33(25(34)35)13-16-4-3-15(11-19(16)27)23-30-31-24(36-23)22(28)29/h3-6,11-12,14,18,22H,7-10,13H2,1-2H3. The van der Waals surface area contributed by atoms with Crippen LogP contribution in [0.2, 0.25) is 0 Å². The van der Waals surface area contributed by atoms with E-state index >= 15 is 4.39 Å². The van der Waals surface area contributed by atoms with Crippen molar-refractivity contribution in [3.8, 4) is 11.5 Å². The Labute approximate surface area is 204 Å². The van der Waals surface area contributed by atoms with Crippen molar-refractivity contribution in [3.05, 3.63) is 70.0 Å². The number of hydrogen-bond donors (Lipinski definition) is 0. The lowest BCUT2D eigenvalue weighted by molar-refractivity contribution is 0.116. The van der Waals surface area contributed by atoms with E-state index in [1.807, 2.05) is 0 Å². The van der Waals surface area contributed by atoms with Crippen LogP contribution in [0.4, 0.5) is 17.6 Å². The summed E-state index contributed by atoms with van der Waals surface area (Å²) >= 11 is 0. The molecule has 0 radical (unpaired) electrons. The van der Waals surface area contributed by atoms with Crippen molar-refractivity contribution in [1.82, 2.24) is 24.2 Å². The lowest BCUT2D eigenvalue weighted by Gasteiger charge is -2.35. The molecule has 0 atom stereocenters. The summed E-state index contributed by atoms with van der Waals surface area (Å²) in [4.78, 5) is 15.9. The number of piperidine rings is 1. The van der Waals surface area contributed by atoms with Crippen LogP contribution in [0, 0.1) is 11.6 Å². The molecule has 4 aromatic rings. The summed E-state index contributed by atoms with van der Waals surface area (Å²) in [6, 6.07) is 8.53. The third kappa shape index (κ3) is 4.43. The zero-order valence-corrected chi connectivity index (χ0v) is 19.8. The molecule has 0 saturated carbocycles. The van der Waals surface area contributed by atoms with Crippen molar-refractivity contribution in [2.45, 2.75) is 51.7 Å². The first kappa shape index (κ1) is 24.2. The Hall–Kier alpha value is -3.47. The number of likely N-dealkylation sites (tertiary alicyclic amines) is 1. The lowest BCUT2D eigenvalue weighted by Crippen LogP contribution is -2.41. The van der Waals surface area contributed by atoms with E-state index in [4.69, 9.17) is 4.42 Å². The Morgan fingerprint density at radius 2 is 1.78 bits per heavy atom. The van der Waals surface area contributed by atoms with Gasteiger partial charge < -0.3 is 9.32 Å². The van der Waals surface area contributed by atoms with Gasteiger partial charge in [0.25, 0.3) is 5.89 Å². The molecule has 0 aliphatic carbocycles. The highest BCUT2D eigenvalue weighted by molar-refractivity contribution is 5.76. The highest BCUT2D eigenvalue weighted by atomic mass is 19.3. The smallest absolute Gasteiger partial charge is 0.329 e. The maximum absolute atomic E-state index is 15.0. The SMILES string of the molecule is CC(C)N1CCC(n2c(=O)n(Cc3ccc(-c4nnc(C(F)F)o4)cc3F)c3cc(F)ccc32)CC1. The summed E-state index contributed by atoms with van der Waals surface area (Å²) in [5, 5.41) is 6.78. The van der Waals surface area contributed by atoms with Crippen LogP contribution < -0.4 is 5.69 Å². The molecule has 7 nitrogen and oxygen atoms in total. The number of fused-ring (bicyclic) bond motifs is 1. The van der Waals surface area contributed by atoms with Crippen LogP contribution in [0.15, 0.2) is 45.6 Å². The number of aromatic nitrogens is 4. The normalized spacial score (nSPS) is 15.6. The van der Waals surface area contributed by atoms with E-state index in [1.165, 1.54) is 28.8 Å². The first-order valence-corrected chi connectivity index (χ1v) is 11.8. The van der Waals surface area contributed by atoms with Gasteiger partial charge in [0, 0.05) is 36.3 Å². The summed E-state index contributed by atoms with van der Waals surface area (Å²) in [5.74, 6) is -2.27. The quantitative estimate of drug-likeness (QED) is 0.340. The van der Waals surface area contributed by atoms with Crippen molar-refractivity contribution in [2.24, 2.45) is 0 Å². The first-order chi connectivity index (χ1) is 17.2. The summed E-state index contributed by atoms with van der Waals surface area (Å²) in [5.41, 5.74) is 0.960. The molecule has 1 fully saturated rings. The van der Waals surface area contributed by atoms with Gasteiger partial charge in [-0.25, -0.2) is 13.6 Å². The largest absolute Gasteiger partial charge is 0.415 e. The Balaban J connectivity index is 1.49. The van der Waals surface area contributed by atoms with Gasteiger partial charge in [-0.2, -0.15) is 8.78 Å². The van der Waals surface area contributed by atoms with Crippen LogP contribution in [-0.2, 0) is 6.54 Å². The topological polar surface area (TPSA) is 69.1 Å². The Kier molecular flexibility index (Phi) is 6.42. The van der Waals surface area contributed by atoms with Gasteiger partial charge >= 0.3 is 12.1 Å². The predicted molar refractivity (Wildman–Crippen MR) is 125 cm³/mol. The molecule has 3 heterocycles. The predicted octanol–water partition coefficient (Wildman–Crippen LogP) is 5.16. The molecule has 0 amide bonds. The van der Waals surface area contributed by atoms with Gasteiger partial charge in [-0.05, 0) is 57.0 Å². The molecule has 1 saturated heterocycles. The van der Waals surface area contributed by atoms with Crippen LogP contribution in [0.25, 0.3) is 22.5 Å². The Bertz CT molecular complexity index is 1450. The molecule has 0 unspecified atom stereocenters. The van der Waals surface area contributed by atoms with E-state index in [-0.39, 0.29) is 35.3 Å². The van der Waals surface area contributed by atoms with Crippen LogP contribution in [-0.4, -0.2) is 43.4 Å². The fraction of sp³-hybridized carbons (Fsp3) is 0.400. The molecule has 1 aliphatic heterocycles. The monoisotopic (exact) mass is 503 g/mol. The van der Waals surface area contributed by atoms with Gasteiger partial charge in [0.05, 0.1) is 17.6 Å². The van der Waals surface area contributed by atoms with Gasteiger partial charge in [0.1, 0.15) is 11.6 Å². The van der Waals surface area contributed by atoms with Crippen molar-refractivity contribution in [2.75, 3.05) is 13.1 Å². The number of rotatable bonds is 6. The van der Waals surface area contributed by atoms with Gasteiger partial charge in [0.2, 0.25) is 5.89 Å². The molecule has 36 heavy (non-hydrogen) atoms. The van der Waals surface area contributed by atoms with E-state index in [0.717, 1.165) is 32.0 Å². The fourth-order valence-electron chi connectivity index (χ4n) is 4.84. The molecule has 0 N–H and O–H groups in total. The van der Waals surface area contributed by atoms with E-state index in [2.05, 4.69) is 28.9 Å². The summed E-state index contributed by atoms with van der Waals surface area (Å²) in [7, 11) is 0. The van der Waals surface area contributed by atoms with Crippen molar-refractivity contribution < 1.29 is 22.0 Å². The van der Waals surface area contributed by atoms with E-state index in [1.54, 1.807) is 10.6 Å². The van der Waals surface area contributed by atoms with Gasteiger partial charge in [-0.1, -0.05) is 6.07 Å². The maximum atomic E-state index is 15.0. The second kappa shape index (κ2) is 9.53. The minimum atomic E-state index is -2.93. The number of benzene rings is 2. The third-order valence-corrected chi connectivity index (χ3v) is 6.78. The summed E-state index contributed by atoms with van der Waals surface area (Å²) < 4.78 is 62.6. The zero-order chi connectivity index (χ0) is 25.6. The van der Waals surface area contributed by atoms with Crippen LogP contribution >= 0.6 is 0 Å². The van der Waals surface area contributed by atoms with Crippen LogP contribution in [0.1, 0.15) is 50.6 Å². The molecule has 0 bridgehead atoms. The zero-order valence-electron chi connectivity index (χ0n) is 19.8. The van der Waals surface area contributed by atoms with Crippen molar-refractivity contribution in [3.63, 3.8) is 0 Å². The van der Waals surface area contributed by atoms with Crippen molar-refractivity contribution in [1.29, 1.82) is 0 Å². The minimum absolute atomic E-state index is 0.0458. The summed E-state index contributed by atoms with van der Waals surface area (Å²) in [6.45, 7) is 5.84. The van der Waals surface area contributed by atoms with Crippen LogP contribution in [0.5, 0.6) is 0 Å². The number of imidazole rings is 1. The summed E-state index contributed by atoms with van der Waals surface area (Å²) in [6.07, 6.45) is -1.37.